The summed E-state index contributed by atoms with van der Waals surface area (Å²) in [7, 11) is 0. The average molecular weight is 366 g/mol. The topological polar surface area (TPSA) is 32.3 Å². The summed E-state index contributed by atoms with van der Waals surface area (Å²) in [6, 6.07) is 5.91. The maximum Gasteiger partial charge on any atom is 0.0819 e. The molecule has 1 aromatic rings. The first-order valence-electron chi connectivity index (χ1n) is 6.00. The van der Waals surface area contributed by atoms with Gasteiger partial charge < -0.3 is 10.4 Å². The minimum atomic E-state index is -0.551. The fourth-order valence-electron chi connectivity index (χ4n) is 2.28. The Morgan fingerprint density at radius 3 is 2.65 bits per heavy atom. The second kappa shape index (κ2) is 5.76. The van der Waals surface area contributed by atoms with Crippen LogP contribution < -0.4 is 5.32 Å². The Kier molecular flexibility index (Phi) is 4.55. The highest BCUT2D eigenvalue weighted by Gasteiger charge is 2.28. The van der Waals surface area contributed by atoms with Crippen LogP contribution in [0.3, 0.4) is 0 Å². The molecule has 0 amide bonds. The highest BCUT2D eigenvalue weighted by Crippen LogP contribution is 2.30. The molecule has 0 aromatic heterocycles. The van der Waals surface area contributed by atoms with Gasteiger partial charge in [-0.2, -0.15) is 0 Å². The third-order valence-corrected chi connectivity index (χ3v) is 4.31. The van der Waals surface area contributed by atoms with Gasteiger partial charge in [-0.3, -0.25) is 0 Å². The summed E-state index contributed by atoms with van der Waals surface area (Å²) in [4.78, 5) is 0. The number of benzene rings is 1. The van der Waals surface area contributed by atoms with Gasteiger partial charge in [0.25, 0.3) is 0 Å². The van der Waals surface area contributed by atoms with E-state index in [2.05, 4.69) is 27.9 Å². The van der Waals surface area contributed by atoms with E-state index in [1.54, 1.807) is 0 Å². The summed E-state index contributed by atoms with van der Waals surface area (Å²) in [6.07, 6.45) is 5.27. The number of halogens is 2. The second-order valence-electron chi connectivity index (χ2n) is 4.76. The molecule has 0 saturated heterocycles. The van der Waals surface area contributed by atoms with E-state index in [0.29, 0.717) is 6.54 Å². The number of hydrogen-bond acceptors (Lipinski definition) is 2. The molecule has 0 atom stereocenters. The zero-order valence-corrected chi connectivity index (χ0v) is 12.6. The smallest absolute Gasteiger partial charge is 0.0819 e. The van der Waals surface area contributed by atoms with Gasteiger partial charge in [0.15, 0.2) is 0 Å². The summed E-state index contributed by atoms with van der Waals surface area (Å²) in [6.45, 7) is 0.591. The van der Waals surface area contributed by atoms with Crippen LogP contribution in [0.1, 0.15) is 32.1 Å². The van der Waals surface area contributed by atoms with Crippen molar-refractivity contribution in [3.05, 3.63) is 26.8 Å². The molecule has 1 aromatic carbocycles. The van der Waals surface area contributed by atoms with Crippen molar-refractivity contribution in [3.63, 3.8) is 0 Å². The van der Waals surface area contributed by atoms with Crippen LogP contribution in [-0.2, 0) is 0 Å². The van der Waals surface area contributed by atoms with Crippen LogP contribution in [0.25, 0.3) is 0 Å². The Bertz CT molecular complexity index is 391. The largest absolute Gasteiger partial charge is 0.388 e. The Labute approximate surface area is 121 Å². The number of rotatable bonds is 3. The van der Waals surface area contributed by atoms with Crippen molar-refractivity contribution in [1.82, 2.24) is 0 Å². The fraction of sp³-hybridized carbons (Fsp3) is 0.538. The lowest BCUT2D eigenvalue weighted by atomic mass is 9.85. The molecule has 2 nitrogen and oxygen atoms in total. The quantitative estimate of drug-likeness (QED) is 0.792. The van der Waals surface area contributed by atoms with E-state index in [1.165, 1.54) is 6.42 Å². The van der Waals surface area contributed by atoms with Crippen molar-refractivity contribution < 1.29 is 5.11 Å². The van der Waals surface area contributed by atoms with E-state index in [-0.39, 0.29) is 0 Å². The number of aliphatic hydroxyl groups is 1. The zero-order chi connectivity index (χ0) is 12.3. The molecule has 0 heterocycles. The van der Waals surface area contributed by atoms with Crippen molar-refractivity contribution in [2.24, 2.45) is 0 Å². The Morgan fingerprint density at radius 1 is 1.29 bits per heavy atom. The summed E-state index contributed by atoms with van der Waals surface area (Å²) in [5, 5.41) is 14.4. The SMILES string of the molecule is OC1(CNc2ccc(I)cc2Cl)CCCCC1. The standard InChI is InChI=1S/C13H17ClINO/c14-11-8-10(15)4-5-12(11)16-9-13(17)6-2-1-3-7-13/h4-5,8,16-17H,1-3,6-7,9H2. The summed E-state index contributed by atoms with van der Waals surface area (Å²) in [5.41, 5.74) is 0.357. The van der Waals surface area contributed by atoms with Gasteiger partial charge in [0, 0.05) is 10.1 Å². The Morgan fingerprint density at radius 2 is 2.00 bits per heavy atom. The molecule has 0 radical (unpaired) electrons. The predicted octanol–water partition coefficient (Wildman–Crippen LogP) is 4.05. The first-order chi connectivity index (χ1) is 8.09. The van der Waals surface area contributed by atoms with Gasteiger partial charge in [-0.15, -0.1) is 0 Å². The highest BCUT2D eigenvalue weighted by atomic mass is 127. The van der Waals surface area contributed by atoms with Crippen molar-refractivity contribution in [1.29, 1.82) is 0 Å². The van der Waals surface area contributed by atoms with Gasteiger partial charge in [-0.25, -0.2) is 0 Å². The molecule has 1 aliphatic carbocycles. The Balaban J connectivity index is 1.97. The van der Waals surface area contributed by atoms with E-state index in [0.717, 1.165) is 40.0 Å². The van der Waals surface area contributed by atoms with Gasteiger partial charge in [-0.05, 0) is 53.6 Å². The molecule has 1 aliphatic rings. The minimum Gasteiger partial charge on any atom is -0.388 e. The van der Waals surface area contributed by atoms with Crippen LogP contribution in [0.2, 0.25) is 5.02 Å². The lowest BCUT2D eigenvalue weighted by Crippen LogP contribution is -2.38. The van der Waals surface area contributed by atoms with Crippen LogP contribution in [0.15, 0.2) is 18.2 Å². The van der Waals surface area contributed by atoms with Crippen LogP contribution >= 0.6 is 34.2 Å². The van der Waals surface area contributed by atoms with Crippen LogP contribution in [0.4, 0.5) is 5.69 Å². The molecule has 94 valence electrons. The lowest BCUT2D eigenvalue weighted by Gasteiger charge is -2.32. The molecule has 2 N–H and O–H groups in total. The highest BCUT2D eigenvalue weighted by molar-refractivity contribution is 14.1. The molecule has 1 saturated carbocycles. The zero-order valence-electron chi connectivity index (χ0n) is 9.68. The Hall–Kier alpha value is -0.0000000000000000555. The van der Waals surface area contributed by atoms with Crippen molar-refractivity contribution in [3.8, 4) is 0 Å². The summed E-state index contributed by atoms with van der Waals surface area (Å²) >= 11 is 8.38. The predicted molar refractivity (Wildman–Crippen MR) is 80.7 cm³/mol. The monoisotopic (exact) mass is 365 g/mol. The molecule has 0 spiro atoms. The first kappa shape index (κ1) is 13.4. The summed E-state index contributed by atoms with van der Waals surface area (Å²) < 4.78 is 1.12. The molecular formula is C13H17ClINO. The second-order valence-corrected chi connectivity index (χ2v) is 6.42. The number of nitrogens with one attached hydrogen (secondary N) is 1. The van der Waals surface area contributed by atoms with E-state index < -0.39 is 5.60 Å². The number of hydrogen-bond donors (Lipinski definition) is 2. The molecular weight excluding hydrogens is 349 g/mol. The van der Waals surface area contributed by atoms with Gasteiger partial charge in [-0.1, -0.05) is 30.9 Å². The van der Waals surface area contributed by atoms with E-state index in [9.17, 15) is 5.11 Å². The van der Waals surface area contributed by atoms with Gasteiger partial charge in [0.1, 0.15) is 0 Å². The molecule has 4 heteroatoms. The van der Waals surface area contributed by atoms with Crippen molar-refractivity contribution in [2.75, 3.05) is 11.9 Å². The molecule has 0 bridgehead atoms. The molecule has 17 heavy (non-hydrogen) atoms. The minimum absolute atomic E-state index is 0.551. The third kappa shape index (κ3) is 3.73. The van der Waals surface area contributed by atoms with E-state index >= 15 is 0 Å². The normalized spacial score (nSPS) is 19.0. The lowest BCUT2D eigenvalue weighted by molar-refractivity contribution is 0.0167. The summed E-state index contributed by atoms with van der Waals surface area (Å²) in [5.74, 6) is 0. The van der Waals surface area contributed by atoms with Crippen molar-refractivity contribution >= 4 is 39.9 Å². The molecule has 2 rings (SSSR count). The number of anilines is 1. The maximum atomic E-state index is 10.4. The van der Waals surface area contributed by atoms with E-state index in [4.69, 9.17) is 11.6 Å². The molecule has 1 fully saturated rings. The van der Waals surface area contributed by atoms with Gasteiger partial charge >= 0.3 is 0 Å². The third-order valence-electron chi connectivity index (χ3n) is 3.32. The molecule has 0 unspecified atom stereocenters. The first-order valence-corrected chi connectivity index (χ1v) is 7.46. The molecule has 0 aliphatic heterocycles. The maximum absolute atomic E-state index is 10.4. The van der Waals surface area contributed by atoms with Crippen LogP contribution in [-0.4, -0.2) is 17.3 Å². The average Bonchev–Trinajstić information content (AvgIpc) is 2.29. The van der Waals surface area contributed by atoms with Crippen LogP contribution in [0, 0.1) is 3.57 Å². The van der Waals surface area contributed by atoms with Gasteiger partial charge in [0.05, 0.1) is 16.3 Å². The van der Waals surface area contributed by atoms with Gasteiger partial charge in [0.2, 0.25) is 0 Å². The fourth-order valence-corrected chi connectivity index (χ4v) is 3.20. The van der Waals surface area contributed by atoms with Crippen molar-refractivity contribution in [2.45, 2.75) is 37.7 Å². The van der Waals surface area contributed by atoms with E-state index in [1.807, 2.05) is 18.2 Å². The van der Waals surface area contributed by atoms with Crippen LogP contribution in [0.5, 0.6) is 0 Å².